The molecule has 0 spiro atoms. The molecule has 5 nitrogen and oxygen atoms in total. The van der Waals surface area contributed by atoms with Crippen molar-refractivity contribution >= 4 is 40.6 Å². The van der Waals surface area contributed by atoms with Gasteiger partial charge in [-0.1, -0.05) is 35.3 Å². The molecule has 1 aliphatic heterocycles. The molecular formula is C22H16Cl2N2O3. The van der Waals surface area contributed by atoms with Gasteiger partial charge in [0.2, 0.25) is 0 Å². The number of amides is 1. The van der Waals surface area contributed by atoms with E-state index in [2.05, 4.69) is 4.98 Å². The summed E-state index contributed by atoms with van der Waals surface area (Å²) in [5.41, 5.74) is 0.0765. The smallest absolute Gasteiger partial charge is 0.264 e. The van der Waals surface area contributed by atoms with Crippen LogP contribution in [0.15, 0.2) is 67.0 Å². The third-order valence-electron chi connectivity index (χ3n) is 4.97. The fraction of sp³-hybridized carbons (Fsp3) is 0.136. The molecule has 0 bridgehead atoms. The summed E-state index contributed by atoms with van der Waals surface area (Å²) in [5.74, 6) is -0.922. The number of benzene rings is 2. The number of aliphatic hydroxyl groups is 1. The number of rotatable bonds is 5. The summed E-state index contributed by atoms with van der Waals surface area (Å²) >= 11 is 12.1. The fourth-order valence-electron chi connectivity index (χ4n) is 3.50. The molecule has 2 aromatic carbocycles. The van der Waals surface area contributed by atoms with Crippen LogP contribution in [0.25, 0.3) is 0 Å². The third kappa shape index (κ3) is 3.65. The van der Waals surface area contributed by atoms with E-state index in [1.807, 2.05) is 12.1 Å². The first-order valence-corrected chi connectivity index (χ1v) is 9.66. The van der Waals surface area contributed by atoms with Gasteiger partial charge in [0.1, 0.15) is 0 Å². The summed E-state index contributed by atoms with van der Waals surface area (Å²) in [6, 6.07) is 15.1. The summed E-state index contributed by atoms with van der Waals surface area (Å²) in [4.78, 5) is 31.4. The summed E-state index contributed by atoms with van der Waals surface area (Å²) in [7, 11) is 0. The van der Waals surface area contributed by atoms with E-state index in [4.69, 9.17) is 23.2 Å². The minimum Gasteiger partial charge on any atom is -0.375 e. The highest BCUT2D eigenvalue weighted by molar-refractivity contribution is 6.31. The van der Waals surface area contributed by atoms with Crippen molar-refractivity contribution in [3.8, 4) is 0 Å². The van der Waals surface area contributed by atoms with Crippen molar-refractivity contribution in [1.29, 1.82) is 0 Å². The molecule has 2 heterocycles. The Bertz CT molecular complexity index is 1090. The number of hydrogen-bond acceptors (Lipinski definition) is 4. The van der Waals surface area contributed by atoms with Crippen molar-refractivity contribution in [3.63, 3.8) is 0 Å². The minimum atomic E-state index is -1.99. The lowest BCUT2D eigenvalue weighted by Crippen LogP contribution is -2.41. The SMILES string of the molecule is O=C(C[C@]1(O)C(=O)N(Cc2ccc(Cl)cc2)c2ccc(Cl)cc21)c1ccncc1. The fourth-order valence-corrected chi connectivity index (χ4v) is 3.79. The van der Waals surface area contributed by atoms with Crippen LogP contribution in [0, 0.1) is 0 Å². The van der Waals surface area contributed by atoms with Crippen LogP contribution in [0.2, 0.25) is 10.0 Å². The predicted molar refractivity (Wildman–Crippen MR) is 111 cm³/mol. The molecule has 0 fully saturated rings. The zero-order chi connectivity index (χ0) is 20.6. The van der Waals surface area contributed by atoms with E-state index >= 15 is 0 Å². The molecule has 1 aliphatic rings. The molecule has 4 rings (SSSR count). The zero-order valence-electron chi connectivity index (χ0n) is 15.2. The van der Waals surface area contributed by atoms with Crippen LogP contribution < -0.4 is 4.90 Å². The number of Topliss-reactive ketones (excluding diaryl/α,β-unsaturated/α-hetero) is 1. The minimum absolute atomic E-state index is 0.233. The van der Waals surface area contributed by atoms with Crippen LogP contribution in [0.4, 0.5) is 5.69 Å². The zero-order valence-corrected chi connectivity index (χ0v) is 16.7. The number of ketones is 1. The Morgan fingerprint density at radius 1 is 1.00 bits per heavy atom. The Balaban J connectivity index is 1.71. The molecule has 29 heavy (non-hydrogen) atoms. The average molecular weight is 427 g/mol. The molecule has 146 valence electrons. The second-order valence-corrected chi connectivity index (χ2v) is 7.75. The van der Waals surface area contributed by atoms with E-state index in [0.29, 0.717) is 26.9 Å². The van der Waals surface area contributed by atoms with Gasteiger partial charge in [-0.2, -0.15) is 0 Å². The monoisotopic (exact) mass is 426 g/mol. The van der Waals surface area contributed by atoms with Gasteiger partial charge in [0.15, 0.2) is 11.4 Å². The van der Waals surface area contributed by atoms with Gasteiger partial charge < -0.3 is 10.0 Å². The maximum Gasteiger partial charge on any atom is 0.264 e. The highest BCUT2D eigenvalue weighted by Gasteiger charge is 2.51. The number of aromatic nitrogens is 1. The first-order valence-electron chi connectivity index (χ1n) is 8.90. The van der Waals surface area contributed by atoms with E-state index in [1.54, 1.807) is 36.4 Å². The second-order valence-electron chi connectivity index (χ2n) is 6.88. The molecule has 1 amide bonds. The number of hydrogen-bond donors (Lipinski definition) is 1. The van der Waals surface area contributed by atoms with Crippen molar-refractivity contribution < 1.29 is 14.7 Å². The van der Waals surface area contributed by atoms with E-state index < -0.39 is 11.5 Å². The number of carbonyl (C=O) groups excluding carboxylic acids is 2. The van der Waals surface area contributed by atoms with Crippen LogP contribution in [-0.2, 0) is 16.9 Å². The summed E-state index contributed by atoms with van der Waals surface area (Å²) in [6.45, 7) is 0.233. The Hall–Kier alpha value is -2.73. The molecule has 1 atom stereocenters. The lowest BCUT2D eigenvalue weighted by molar-refractivity contribution is -0.136. The van der Waals surface area contributed by atoms with Crippen molar-refractivity contribution in [1.82, 2.24) is 4.98 Å². The van der Waals surface area contributed by atoms with Crippen LogP contribution in [0.1, 0.15) is 27.9 Å². The third-order valence-corrected chi connectivity index (χ3v) is 5.45. The van der Waals surface area contributed by atoms with Gasteiger partial charge in [0, 0.05) is 33.6 Å². The lowest BCUT2D eigenvalue weighted by Gasteiger charge is -2.23. The highest BCUT2D eigenvalue weighted by Crippen LogP contribution is 2.44. The molecular weight excluding hydrogens is 411 g/mol. The van der Waals surface area contributed by atoms with E-state index in [-0.39, 0.29) is 18.7 Å². The highest BCUT2D eigenvalue weighted by atomic mass is 35.5. The van der Waals surface area contributed by atoms with Gasteiger partial charge in [-0.05, 0) is 48.0 Å². The number of fused-ring (bicyclic) bond motifs is 1. The number of anilines is 1. The van der Waals surface area contributed by atoms with Crippen LogP contribution in [0.3, 0.4) is 0 Å². The Morgan fingerprint density at radius 2 is 1.66 bits per heavy atom. The van der Waals surface area contributed by atoms with Crippen LogP contribution in [0.5, 0.6) is 0 Å². The van der Waals surface area contributed by atoms with Crippen molar-refractivity contribution in [2.75, 3.05) is 4.90 Å². The number of pyridine rings is 1. The number of halogens is 2. The Morgan fingerprint density at radius 3 is 2.34 bits per heavy atom. The van der Waals surface area contributed by atoms with Gasteiger partial charge in [-0.25, -0.2) is 0 Å². The van der Waals surface area contributed by atoms with Gasteiger partial charge >= 0.3 is 0 Å². The molecule has 0 aliphatic carbocycles. The molecule has 0 saturated carbocycles. The Kier molecular flexibility index (Phi) is 5.13. The van der Waals surface area contributed by atoms with Gasteiger partial charge in [-0.3, -0.25) is 14.6 Å². The quantitative estimate of drug-likeness (QED) is 0.613. The van der Waals surface area contributed by atoms with Gasteiger partial charge in [0.05, 0.1) is 18.7 Å². The molecule has 0 saturated heterocycles. The van der Waals surface area contributed by atoms with E-state index in [9.17, 15) is 14.7 Å². The maximum absolute atomic E-state index is 13.3. The first kappa shape index (κ1) is 19.6. The molecule has 0 radical (unpaired) electrons. The predicted octanol–water partition coefficient (Wildman–Crippen LogP) is 4.40. The molecule has 1 N–H and O–H groups in total. The summed E-state index contributed by atoms with van der Waals surface area (Å²) in [5, 5.41) is 12.3. The average Bonchev–Trinajstić information content (AvgIpc) is 2.92. The van der Waals surface area contributed by atoms with Gasteiger partial charge in [0.25, 0.3) is 5.91 Å². The van der Waals surface area contributed by atoms with Crippen molar-refractivity contribution in [3.05, 3.63) is 93.7 Å². The maximum atomic E-state index is 13.3. The molecule has 7 heteroatoms. The summed E-state index contributed by atoms with van der Waals surface area (Å²) < 4.78 is 0. The Labute approximate surface area is 177 Å². The second kappa shape index (κ2) is 7.59. The van der Waals surface area contributed by atoms with Crippen molar-refractivity contribution in [2.24, 2.45) is 0 Å². The normalized spacial score (nSPS) is 18.0. The van der Waals surface area contributed by atoms with E-state index in [0.717, 1.165) is 5.56 Å². The van der Waals surface area contributed by atoms with E-state index in [1.165, 1.54) is 23.4 Å². The van der Waals surface area contributed by atoms with Gasteiger partial charge in [-0.15, -0.1) is 0 Å². The summed E-state index contributed by atoms with van der Waals surface area (Å²) in [6.07, 6.45) is 2.59. The first-order chi connectivity index (χ1) is 13.9. The molecule has 0 unspecified atom stereocenters. The van der Waals surface area contributed by atoms with Crippen LogP contribution in [-0.4, -0.2) is 21.8 Å². The standard InChI is InChI=1S/C22H16Cl2N2O3/c23-16-3-1-14(2-4-16)13-26-19-6-5-17(24)11-18(19)22(29,21(26)28)12-20(27)15-7-9-25-10-8-15/h1-11,29H,12-13H2/t22-/m1/s1. The van der Waals surface area contributed by atoms with Crippen molar-refractivity contribution in [2.45, 2.75) is 18.6 Å². The molecule has 1 aromatic heterocycles. The topological polar surface area (TPSA) is 70.5 Å². The molecule has 3 aromatic rings. The number of nitrogens with zero attached hydrogens (tertiary/aromatic N) is 2. The lowest BCUT2D eigenvalue weighted by atomic mass is 9.88. The largest absolute Gasteiger partial charge is 0.375 e. The number of carbonyl (C=O) groups is 2. The van der Waals surface area contributed by atoms with Crippen LogP contribution >= 0.6 is 23.2 Å².